The molecule has 0 saturated carbocycles. The van der Waals surface area contributed by atoms with Gasteiger partial charge in [0.1, 0.15) is 22.5 Å². The van der Waals surface area contributed by atoms with E-state index in [1.54, 1.807) is 62.4 Å². The monoisotopic (exact) mass is 612 g/mol. The van der Waals surface area contributed by atoms with Gasteiger partial charge in [-0.1, -0.05) is 48.5 Å². The molecule has 8 nitrogen and oxygen atoms in total. The number of cyclic esters (lactones) is 1. The maximum absolute atomic E-state index is 13.2. The predicted octanol–water partition coefficient (Wildman–Crippen LogP) is 6.33. The van der Waals surface area contributed by atoms with Gasteiger partial charge in [-0.05, 0) is 59.8 Å². The van der Waals surface area contributed by atoms with E-state index in [0.29, 0.717) is 44.9 Å². The Morgan fingerprint density at radius 2 is 1.58 bits per heavy atom. The molecule has 10 heteroatoms. The van der Waals surface area contributed by atoms with Crippen LogP contribution in [-0.2, 0) is 21.7 Å². The molecule has 1 unspecified atom stereocenters. The van der Waals surface area contributed by atoms with Gasteiger partial charge in [-0.15, -0.1) is 11.8 Å². The second-order valence-electron chi connectivity index (χ2n) is 9.43. The van der Waals surface area contributed by atoms with Crippen molar-refractivity contribution in [1.82, 2.24) is 8.75 Å². The second kappa shape index (κ2) is 13.2. The smallest absolute Gasteiger partial charge is 0.342 e. The first-order chi connectivity index (χ1) is 20.9. The van der Waals surface area contributed by atoms with Crippen LogP contribution in [0.3, 0.4) is 0 Å². The number of carbonyl (C=O) groups excluding carboxylic acids is 2. The van der Waals surface area contributed by atoms with Gasteiger partial charge in [-0.3, -0.25) is 4.79 Å². The minimum atomic E-state index is -1.90. The summed E-state index contributed by atoms with van der Waals surface area (Å²) in [5, 5.41) is 11.8. The van der Waals surface area contributed by atoms with E-state index in [0.717, 1.165) is 34.0 Å². The highest BCUT2D eigenvalue weighted by Crippen LogP contribution is 2.45. The van der Waals surface area contributed by atoms with E-state index in [2.05, 4.69) is 8.75 Å². The fraction of sp³-hybridized carbons (Fsp3) is 0.152. The number of aliphatic hydroxyl groups is 1. The Morgan fingerprint density at radius 1 is 0.907 bits per heavy atom. The first-order valence-corrected chi connectivity index (χ1v) is 15.1. The van der Waals surface area contributed by atoms with Crippen LogP contribution in [0.4, 0.5) is 0 Å². The number of nitrogens with zero attached hydrogens (tertiary/aromatic N) is 2. The molecule has 2 heterocycles. The van der Waals surface area contributed by atoms with Crippen LogP contribution in [0.5, 0.6) is 11.5 Å². The van der Waals surface area contributed by atoms with Crippen LogP contribution in [0.2, 0.25) is 0 Å². The standard InChI is InChI=1S/C25H20N2O4S2.C8H8O2/c1-30-22-6-4-3-5-15(22)13-19-23(16-7-12-20-21(14-16)27-33-26-20)24(28)31-25(19,29)17-8-10-18(32-2)11-9-17;1-10-8-5-3-2-4-7(8)6-9/h3-12,14,29H,13H2,1-2H3;2-6H,1H3. The van der Waals surface area contributed by atoms with E-state index in [9.17, 15) is 14.7 Å². The number of hydrogen-bond donors (Lipinski definition) is 1. The summed E-state index contributed by atoms with van der Waals surface area (Å²) < 4.78 is 24.7. The average Bonchev–Trinajstić information content (AvgIpc) is 3.62. The topological polar surface area (TPSA) is 108 Å². The van der Waals surface area contributed by atoms with Gasteiger partial charge in [0.05, 0.1) is 37.1 Å². The van der Waals surface area contributed by atoms with Crippen molar-refractivity contribution in [2.45, 2.75) is 17.1 Å². The number of esters is 1. The van der Waals surface area contributed by atoms with Crippen molar-refractivity contribution in [1.29, 1.82) is 0 Å². The molecule has 0 spiro atoms. The molecule has 1 atom stereocenters. The summed E-state index contributed by atoms with van der Waals surface area (Å²) in [6.07, 6.45) is 3.02. The van der Waals surface area contributed by atoms with Crippen LogP contribution in [-0.4, -0.2) is 46.6 Å². The average molecular weight is 613 g/mol. The molecule has 0 radical (unpaired) electrons. The summed E-state index contributed by atoms with van der Waals surface area (Å²) >= 11 is 2.71. The molecular weight excluding hydrogens is 585 g/mol. The Balaban J connectivity index is 0.000000314. The van der Waals surface area contributed by atoms with E-state index >= 15 is 0 Å². The molecule has 5 aromatic rings. The number of carbonyl (C=O) groups is 2. The molecule has 1 aliphatic heterocycles. The fourth-order valence-corrected chi connectivity index (χ4v) is 5.76. The lowest BCUT2D eigenvalue weighted by atomic mass is 9.88. The van der Waals surface area contributed by atoms with Crippen molar-refractivity contribution in [2.75, 3.05) is 20.5 Å². The van der Waals surface area contributed by atoms with Crippen LogP contribution < -0.4 is 9.47 Å². The van der Waals surface area contributed by atoms with Gasteiger partial charge in [0, 0.05) is 22.5 Å². The zero-order chi connectivity index (χ0) is 30.4. The molecule has 0 aliphatic carbocycles. The molecule has 1 aliphatic rings. The summed E-state index contributed by atoms with van der Waals surface area (Å²) in [4.78, 5) is 24.6. The summed E-state index contributed by atoms with van der Waals surface area (Å²) in [5.74, 6) is -1.20. The number of hydrogen-bond acceptors (Lipinski definition) is 10. The molecule has 0 bridgehead atoms. The van der Waals surface area contributed by atoms with Crippen LogP contribution in [0.15, 0.2) is 101 Å². The van der Waals surface area contributed by atoms with Crippen LogP contribution in [0.25, 0.3) is 16.6 Å². The third kappa shape index (κ3) is 6.17. The summed E-state index contributed by atoms with van der Waals surface area (Å²) in [5.41, 5.74) is 4.76. The van der Waals surface area contributed by atoms with Gasteiger partial charge in [-0.2, -0.15) is 8.75 Å². The van der Waals surface area contributed by atoms with E-state index in [4.69, 9.17) is 14.2 Å². The Bertz CT molecular complexity index is 1800. The number of aromatic nitrogens is 2. The molecule has 4 aromatic carbocycles. The Kier molecular flexibility index (Phi) is 9.20. The van der Waals surface area contributed by atoms with E-state index < -0.39 is 11.8 Å². The minimum Gasteiger partial charge on any atom is -0.496 e. The quantitative estimate of drug-likeness (QED) is 0.122. The number of aldehydes is 1. The fourth-order valence-electron chi connectivity index (χ4n) is 4.83. The Hall–Kier alpha value is -4.51. The Labute approximate surface area is 257 Å². The Morgan fingerprint density at radius 3 is 2.26 bits per heavy atom. The van der Waals surface area contributed by atoms with Crippen molar-refractivity contribution < 1.29 is 28.9 Å². The van der Waals surface area contributed by atoms with Crippen molar-refractivity contribution >= 4 is 52.4 Å². The largest absolute Gasteiger partial charge is 0.496 e. The first-order valence-electron chi connectivity index (χ1n) is 13.2. The van der Waals surface area contributed by atoms with Gasteiger partial charge in [0.2, 0.25) is 0 Å². The third-order valence-electron chi connectivity index (χ3n) is 7.00. The molecule has 6 rings (SSSR count). The molecule has 1 N–H and O–H groups in total. The number of ether oxygens (including phenoxy) is 3. The first kappa shape index (κ1) is 30.0. The van der Waals surface area contributed by atoms with Crippen molar-refractivity contribution in [3.05, 3.63) is 119 Å². The molecule has 0 saturated heterocycles. The lowest BCUT2D eigenvalue weighted by molar-refractivity contribution is -0.185. The molecule has 43 heavy (non-hydrogen) atoms. The van der Waals surface area contributed by atoms with Crippen LogP contribution in [0, 0.1) is 0 Å². The van der Waals surface area contributed by atoms with Gasteiger partial charge in [0.15, 0.2) is 6.29 Å². The highest BCUT2D eigenvalue weighted by molar-refractivity contribution is 7.98. The minimum absolute atomic E-state index is 0.263. The highest BCUT2D eigenvalue weighted by Gasteiger charge is 2.48. The maximum Gasteiger partial charge on any atom is 0.342 e. The number of benzene rings is 4. The zero-order valence-corrected chi connectivity index (χ0v) is 25.3. The van der Waals surface area contributed by atoms with Crippen molar-refractivity contribution in [2.24, 2.45) is 0 Å². The lowest BCUT2D eigenvalue weighted by Crippen LogP contribution is -2.29. The number of para-hydroxylation sites is 2. The molecular formula is C33H28N2O6S2. The molecule has 0 fully saturated rings. The maximum atomic E-state index is 13.2. The summed E-state index contributed by atoms with van der Waals surface area (Å²) in [7, 11) is 3.14. The van der Waals surface area contributed by atoms with Gasteiger partial charge in [-0.25, -0.2) is 4.79 Å². The lowest BCUT2D eigenvalue weighted by Gasteiger charge is -2.26. The van der Waals surface area contributed by atoms with E-state index in [-0.39, 0.29) is 6.42 Å². The van der Waals surface area contributed by atoms with E-state index in [1.807, 2.05) is 60.9 Å². The number of methoxy groups -OCH3 is 2. The normalized spacial score (nSPS) is 16.0. The number of rotatable bonds is 8. The highest BCUT2D eigenvalue weighted by atomic mass is 32.2. The number of fused-ring (bicyclic) bond motifs is 1. The van der Waals surface area contributed by atoms with Crippen LogP contribution in [0.1, 0.15) is 27.0 Å². The van der Waals surface area contributed by atoms with E-state index in [1.165, 1.54) is 0 Å². The van der Waals surface area contributed by atoms with Gasteiger partial charge < -0.3 is 19.3 Å². The molecule has 218 valence electrons. The zero-order valence-electron chi connectivity index (χ0n) is 23.6. The van der Waals surface area contributed by atoms with Crippen LogP contribution >= 0.6 is 23.5 Å². The SMILES string of the molecule is COc1ccccc1C=O.COc1ccccc1CC1=C(c2ccc3nsnc3c2)C(=O)OC1(O)c1ccc(SC)cc1. The van der Waals surface area contributed by atoms with Crippen molar-refractivity contribution in [3.63, 3.8) is 0 Å². The molecule has 0 amide bonds. The predicted molar refractivity (Wildman–Crippen MR) is 168 cm³/mol. The van der Waals surface area contributed by atoms with Gasteiger partial charge in [0.25, 0.3) is 5.79 Å². The van der Waals surface area contributed by atoms with Gasteiger partial charge >= 0.3 is 5.97 Å². The third-order valence-corrected chi connectivity index (χ3v) is 8.30. The summed E-state index contributed by atoms with van der Waals surface area (Å²) in [6.45, 7) is 0. The summed E-state index contributed by atoms with van der Waals surface area (Å²) in [6, 6.07) is 27.5. The molecule has 1 aromatic heterocycles. The second-order valence-corrected chi connectivity index (χ2v) is 10.8. The van der Waals surface area contributed by atoms with Crippen molar-refractivity contribution in [3.8, 4) is 11.5 Å². The number of thioether (sulfide) groups is 1.